The summed E-state index contributed by atoms with van der Waals surface area (Å²) in [5.41, 5.74) is 1.03. The van der Waals surface area contributed by atoms with Gasteiger partial charge in [-0.05, 0) is 43.2 Å². The van der Waals surface area contributed by atoms with Crippen LogP contribution in [0.2, 0.25) is 5.02 Å². The third kappa shape index (κ3) is 5.58. The first-order valence-corrected chi connectivity index (χ1v) is 10.7. The molecule has 4 nitrogen and oxygen atoms in total. The van der Waals surface area contributed by atoms with Crippen LogP contribution in [0, 0.1) is 0 Å². The summed E-state index contributed by atoms with van der Waals surface area (Å²) in [5.74, 6) is -0.365. The Morgan fingerprint density at radius 1 is 1.08 bits per heavy atom. The van der Waals surface area contributed by atoms with Crippen LogP contribution in [0.1, 0.15) is 32.3 Å². The number of amides is 1. The van der Waals surface area contributed by atoms with E-state index in [4.69, 9.17) is 11.6 Å². The van der Waals surface area contributed by atoms with Crippen LogP contribution in [0.4, 0.5) is 0 Å². The third-order valence-corrected chi connectivity index (χ3v) is 6.38. The quantitative estimate of drug-likeness (QED) is 0.670. The summed E-state index contributed by atoms with van der Waals surface area (Å²) in [6.45, 7) is 4.48. The van der Waals surface area contributed by atoms with Crippen molar-refractivity contribution in [1.82, 2.24) is 4.90 Å². The summed E-state index contributed by atoms with van der Waals surface area (Å²) < 4.78 is 24.9. The zero-order valence-corrected chi connectivity index (χ0v) is 16.6. The Kier molecular flexibility index (Phi) is 7.23. The van der Waals surface area contributed by atoms with E-state index < -0.39 is 9.84 Å². The van der Waals surface area contributed by atoms with E-state index >= 15 is 0 Å². The van der Waals surface area contributed by atoms with Gasteiger partial charge >= 0.3 is 0 Å². The SMILES string of the molecule is CCC(C)N(Cc1ccccc1)C(=O)CCS(=O)(=O)c1ccc(Cl)cc1. The fourth-order valence-corrected chi connectivity index (χ4v) is 3.97. The molecule has 140 valence electrons. The van der Waals surface area contributed by atoms with Gasteiger partial charge in [0.25, 0.3) is 0 Å². The lowest BCUT2D eigenvalue weighted by atomic mass is 10.1. The first-order chi connectivity index (χ1) is 12.3. The molecule has 0 aliphatic heterocycles. The molecule has 0 saturated carbocycles. The van der Waals surface area contributed by atoms with Gasteiger partial charge in [0.1, 0.15) is 0 Å². The van der Waals surface area contributed by atoms with Gasteiger partial charge in [0, 0.05) is 24.0 Å². The van der Waals surface area contributed by atoms with Crippen molar-refractivity contribution in [1.29, 1.82) is 0 Å². The number of sulfone groups is 1. The minimum Gasteiger partial charge on any atom is -0.336 e. The van der Waals surface area contributed by atoms with Gasteiger partial charge in [0.05, 0.1) is 10.6 Å². The van der Waals surface area contributed by atoms with Crippen LogP contribution in [0.5, 0.6) is 0 Å². The van der Waals surface area contributed by atoms with Crippen LogP contribution in [0.15, 0.2) is 59.5 Å². The highest BCUT2D eigenvalue weighted by Gasteiger charge is 2.22. The van der Waals surface area contributed by atoms with Gasteiger partial charge in [-0.15, -0.1) is 0 Å². The lowest BCUT2D eigenvalue weighted by Gasteiger charge is -2.29. The van der Waals surface area contributed by atoms with Crippen molar-refractivity contribution < 1.29 is 13.2 Å². The molecular weight excluding hydrogens is 370 g/mol. The highest BCUT2D eigenvalue weighted by molar-refractivity contribution is 7.91. The van der Waals surface area contributed by atoms with Crippen molar-refractivity contribution >= 4 is 27.3 Å². The van der Waals surface area contributed by atoms with Gasteiger partial charge in [-0.3, -0.25) is 4.79 Å². The van der Waals surface area contributed by atoms with Gasteiger partial charge in [-0.25, -0.2) is 8.42 Å². The van der Waals surface area contributed by atoms with E-state index in [-0.39, 0.29) is 29.0 Å². The van der Waals surface area contributed by atoms with Gasteiger partial charge in [0.2, 0.25) is 5.91 Å². The molecule has 2 aromatic carbocycles. The standard InChI is InChI=1S/C20H24ClNO3S/c1-3-16(2)22(15-17-7-5-4-6-8-17)20(23)13-14-26(24,25)19-11-9-18(21)10-12-19/h4-12,16H,3,13-15H2,1-2H3. The average molecular weight is 394 g/mol. The number of hydrogen-bond acceptors (Lipinski definition) is 3. The molecule has 1 unspecified atom stereocenters. The van der Waals surface area contributed by atoms with Crippen LogP contribution in [-0.4, -0.2) is 31.0 Å². The van der Waals surface area contributed by atoms with E-state index in [1.165, 1.54) is 24.3 Å². The topological polar surface area (TPSA) is 54.5 Å². The van der Waals surface area contributed by atoms with E-state index in [9.17, 15) is 13.2 Å². The first-order valence-electron chi connectivity index (χ1n) is 8.65. The Bertz CT molecular complexity index is 820. The van der Waals surface area contributed by atoms with Gasteiger partial charge in [-0.2, -0.15) is 0 Å². The number of carbonyl (C=O) groups is 1. The largest absolute Gasteiger partial charge is 0.336 e. The Morgan fingerprint density at radius 3 is 2.27 bits per heavy atom. The molecule has 1 amide bonds. The van der Waals surface area contributed by atoms with Gasteiger partial charge < -0.3 is 4.90 Å². The predicted molar refractivity (Wildman–Crippen MR) is 105 cm³/mol. The van der Waals surface area contributed by atoms with Crippen LogP contribution >= 0.6 is 11.6 Å². The summed E-state index contributed by atoms with van der Waals surface area (Å²) in [7, 11) is -3.52. The number of carbonyl (C=O) groups excluding carboxylic acids is 1. The molecule has 0 aromatic heterocycles. The van der Waals surface area contributed by atoms with E-state index in [0.717, 1.165) is 12.0 Å². The number of hydrogen-bond donors (Lipinski definition) is 0. The fraction of sp³-hybridized carbons (Fsp3) is 0.350. The zero-order chi connectivity index (χ0) is 19.2. The minimum absolute atomic E-state index is 0.0396. The molecule has 0 bridgehead atoms. The maximum atomic E-state index is 12.7. The first kappa shape index (κ1) is 20.5. The smallest absolute Gasteiger partial charge is 0.224 e. The second kappa shape index (κ2) is 9.19. The summed E-state index contributed by atoms with van der Waals surface area (Å²) in [6.07, 6.45) is 0.768. The molecule has 0 aliphatic carbocycles. The molecular formula is C20H24ClNO3S. The zero-order valence-electron chi connectivity index (χ0n) is 15.1. The second-order valence-electron chi connectivity index (χ2n) is 6.29. The van der Waals surface area contributed by atoms with Crippen molar-refractivity contribution in [2.75, 3.05) is 5.75 Å². The molecule has 0 N–H and O–H groups in total. The van der Waals surface area contributed by atoms with E-state index in [2.05, 4.69) is 0 Å². The second-order valence-corrected chi connectivity index (χ2v) is 8.83. The highest BCUT2D eigenvalue weighted by Crippen LogP contribution is 2.18. The van der Waals surface area contributed by atoms with Crippen molar-refractivity contribution in [2.24, 2.45) is 0 Å². The van der Waals surface area contributed by atoms with E-state index in [1.807, 2.05) is 44.2 Å². The van der Waals surface area contributed by atoms with Crippen molar-refractivity contribution in [2.45, 2.75) is 44.2 Å². The third-order valence-electron chi connectivity index (χ3n) is 4.40. The fourth-order valence-electron chi connectivity index (χ4n) is 2.62. The molecule has 6 heteroatoms. The molecule has 2 aromatic rings. The highest BCUT2D eigenvalue weighted by atomic mass is 35.5. The Balaban J connectivity index is 2.07. The monoisotopic (exact) mass is 393 g/mol. The Morgan fingerprint density at radius 2 is 1.69 bits per heavy atom. The summed E-state index contributed by atoms with van der Waals surface area (Å²) in [5, 5.41) is 0.478. The summed E-state index contributed by atoms with van der Waals surface area (Å²) >= 11 is 5.80. The molecule has 0 heterocycles. The Hall–Kier alpha value is -1.85. The van der Waals surface area contributed by atoms with Crippen LogP contribution in [0.25, 0.3) is 0 Å². The molecule has 0 fully saturated rings. The molecule has 0 aliphatic rings. The van der Waals surface area contributed by atoms with Gasteiger partial charge in [0.15, 0.2) is 9.84 Å². The van der Waals surface area contributed by atoms with Crippen LogP contribution < -0.4 is 0 Å². The molecule has 0 saturated heterocycles. The average Bonchev–Trinajstić information content (AvgIpc) is 2.65. The van der Waals surface area contributed by atoms with Crippen molar-refractivity contribution in [3.8, 4) is 0 Å². The Labute approximate surface area is 160 Å². The predicted octanol–water partition coefficient (Wildman–Crippen LogP) is 4.33. The molecule has 0 spiro atoms. The maximum absolute atomic E-state index is 12.7. The van der Waals surface area contributed by atoms with Crippen LogP contribution in [-0.2, 0) is 21.2 Å². The summed E-state index contributed by atoms with van der Waals surface area (Å²) in [6, 6.07) is 15.8. The molecule has 1 atom stereocenters. The van der Waals surface area contributed by atoms with E-state index in [1.54, 1.807) is 4.90 Å². The number of halogens is 1. The summed E-state index contributed by atoms with van der Waals surface area (Å²) in [4.78, 5) is 14.7. The van der Waals surface area contributed by atoms with Crippen molar-refractivity contribution in [3.63, 3.8) is 0 Å². The minimum atomic E-state index is -3.52. The lowest BCUT2D eigenvalue weighted by Crippen LogP contribution is -2.38. The lowest BCUT2D eigenvalue weighted by molar-refractivity contribution is -0.133. The van der Waals surface area contributed by atoms with Gasteiger partial charge in [-0.1, -0.05) is 48.9 Å². The maximum Gasteiger partial charge on any atom is 0.224 e. The molecule has 26 heavy (non-hydrogen) atoms. The van der Waals surface area contributed by atoms with E-state index in [0.29, 0.717) is 11.6 Å². The normalized spacial score (nSPS) is 12.6. The van der Waals surface area contributed by atoms with Crippen LogP contribution in [0.3, 0.4) is 0 Å². The van der Waals surface area contributed by atoms with Crippen molar-refractivity contribution in [3.05, 3.63) is 65.2 Å². The number of nitrogens with zero attached hydrogens (tertiary/aromatic N) is 1. The number of benzene rings is 2. The molecule has 2 rings (SSSR count). The number of rotatable bonds is 8. The molecule has 0 radical (unpaired) electrons.